The van der Waals surface area contributed by atoms with Crippen LogP contribution >= 0.6 is 0 Å². The van der Waals surface area contributed by atoms with Crippen LogP contribution in [0.15, 0.2) is 36.5 Å². The van der Waals surface area contributed by atoms with E-state index in [0.29, 0.717) is 11.8 Å². The van der Waals surface area contributed by atoms with Gasteiger partial charge in [-0.05, 0) is 11.6 Å². The summed E-state index contributed by atoms with van der Waals surface area (Å²) in [5.41, 5.74) is 0.686. The fraction of sp³-hybridized carbons (Fsp3) is 0.300. The topological polar surface area (TPSA) is 80.1 Å². The van der Waals surface area contributed by atoms with Gasteiger partial charge in [-0.3, -0.25) is 15.1 Å². The van der Waals surface area contributed by atoms with Gasteiger partial charge >= 0.3 is 6.18 Å². The molecule has 1 aromatic rings. The van der Waals surface area contributed by atoms with Crippen molar-refractivity contribution in [3.05, 3.63) is 52.2 Å². The maximum atomic E-state index is 12.0. The molecule has 0 radical (unpaired) electrons. The van der Waals surface area contributed by atoms with Crippen molar-refractivity contribution in [3.63, 3.8) is 0 Å². The van der Waals surface area contributed by atoms with Gasteiger partial charge in [0.25, 0.3) is 6.20 Å². The molecule has 1 aromatic heterocycles. The Labute approximate surface area is 106 Å². The zero-order chi connectivity index (χ0) is 14.3. The monoisotopic (exact) mass is 276 g/mol. The lowest BCUT2D eigenvalue weighted by Crippen LogP contribution is -2.34. The zero-order valence-electron chi connectivity index (χ0n) is 9.65. The van der Waals surface area contributed by atoms with Gasteiger partial charge < -0.3 is 10.6 Å². The Morgan fingerprint density at radius 3 is 2.74 bits per heavy atom. The molecule has 0 aliphatic carbocycles. The molecule has 0 fully saturated rings. The predicted octanol–water partition coefficient (Wildman–Crippen LogP) is 1.40. The van der Waals surface area contributed by atoms with Crippen LogP contribution in [0.3, 0.4) is 0 Å². The normalized spacial score (nSPS) is 12.1. The molecular formula is C10H11F3N4O2. The van der Waals surface area contributed by atoms with Crippen molar-refractivity contribution < 1.29 is 18.1 Å². The van der Waals surface area contributed by atoms with Gasteiger partial charge in [0.15, 0.2) is 5.82 Å². The average molecular weight is 276 g/mol. The highest BCUT2D eigenvalue weighted by Gasteiger charge is 2.27. The molecule has 0 atom stereocenters. The van der Waals surface area contributed by atoms with E-state index in [9.17, 15) is 23.3 Å². The number of hydrogen-bond acceptors (Lipinski definition) is 5. The first-order valence-electron chi connectivity index (χ1n) is 5.15. The van der Waals surface area contributed by atoms with Crippen LogP contribution in [0, 0.1) is 10.1 Å². The first-order valence-corrected chi connectivity index (χ1v) is 5.15. The molecule has 0 spiro atoms. The van der Waals surface area contributed by atoms with E-state index in [-0.39, 0.29) is 12.4 Å². The highest BCUT2D eigenvalue weighted by molar-refractivity contribution is 5.09. The number of rotatable bonds is 6. The van der Waals surface area contributed by atoms with Crippen LogP contribution in [-0.4, -0.2) is 22.6 Å². The summed E-state index contributed by atoms with van der Waals surface area (Å²) in [5, 5.41) is 14.7. The molecule has 0 saturated carbocycles. The van der Waals surface area contributed by atoms with Crippen molar-refractivity contribution in [1.82, 2.24) is 15.6 Å². The van der Waals surface area contributed by atoms with Crippen LogP contribution in [0.1, 0.15) is 5.56 Å². The van der Waals surface area contributed by atoms with Crippen molar-refractivity contribution in [1.29, 1.82) is 0 Å². The van der Waals surface area contributed by atoms with E-state index in [1.165, 1.54) is 6.20 Å². The Kier molecular flexibility index (Phi) is 5.10. The maximum Gasteiger partial charge on any atom is 0.405 e. The third-order valence-corrected chi connectivity index (χ3v) is 1.92. The minimum absolute atomic E-state index is 0.123. The third kappa shape index (κ3) is 6.86. The Bertz CT molecular complexity index is 448. The highest BCUT2D eigenvalue weighted by atomic mass is 19.4. The number of pyridine rings is 1. The fourth-order valence-corrected chi connectivity index (χ4v) is 1.15. The van der Waals surface area contributed by atoms with E-state index >= 15 is 0 Å². The molecule has 1 rings (SSSR count). The molecule has 19 heavy (non-hydrogen) atoms. The molecule has 0 bridgehead atoms. The molecule has 0 amide bonds. The smallest absolute Gasteiger partial charge is 0.363 e. The van der Waals surface area contributed by atoms with Gasteiger partial charge in [0, 0.05) is 18.9 Å². The Morgan fingerprint density at radius 2 is 2.21 bits per heavy atom. The molecule has 1 heterocycles. The third-order valence-electron chi connectivity index (χ3n) is 1.92. The van der Waals surface area contributed by atoms with Gasteiger partial charge in [0.1, 0.15) is 6.54 Å². The summed E-state index contributed by atoms with van der Waals surface area (Å²) < 4.78 is 36.1. The van der Waals surface area contributed by atoms with Crippen LogP contribution in [0.2, 0.25) is 0 Å². The lowest BCUT2D eigenvalue weighted by atomic mass is 10.3. The van der Waals surface area contributed by atoms with Gasteiger partial charge in [0.2, 0.25) is 0 Å². The first kappa shape index (κ1) is 14.7. The molecule has 0 aromatic carbocycles. The minimum atomic E-state index is -4.45. The van der Waals surface area contributed by atoms with Gasteiger partial charge in [0.05, 0.1) is 4.92 Å². The number of nitrogens with zero attached hydrogens (tertiary/aromatic N) is 2. The molecule has 0 aliphatic heterocycles. The number of hydrogen-bond donors (Lipinski definition) is 2. The second-order valence-electron chi connectivity index (χ2n) is 3.51. The molecular weight excluding hydrogens is 265 g/mol. The Morgan fingerprint density at radius 1 is 1.47 bits per heavy atom. The Hall–Kier alpha value is -2.32. The van der Waals surface area contributed by atoms with Crippen molar-refractivity contribution >= 4 is 0 Å². The van der Waals surface area contributed by atoms with Gasteiger partial charge in [-0.25, -0.2) is 0 Å². The summed E-state index contributed by atoms with van der Waals surface area (Å²) in [7, 11) is 0. The van der Waals surface area contributed by atoms with Gasteiger partial charge in [-0.1, -0.05) is 6.07 Å². The largest absolute Gasteiger partial charge is 0.405 e. The fourth-order valence-electron chi connectivity index (χ4n) is 1.15. The minimum Gasteiger partial charge on any atom is -0.363 e. The molecule has 6 nitrogen and oxygen atoms in total. The van der Waals surface area contributed by atoms with E-state index in [4.69, 9.17) is 0 Å². The lowest BCUT2D eigenvalue weighted by Gasteiger charge is -2.12. The molecule has 0 aliphatic rings. The van der Waals surface area contributed by atoms with E-state index in [1.54, 1.807) is 18.3 Å². The summed E-state index contributed by atoms with van der Waals surface area (Å²) in [4.78, 5) is 13.3. The number of nitrogens with one attached hydrogen (secondary N) is 2. The Balaban J connectivity index is 2.58. The average Bonchev–Trinajstić information content (AvgIpc) is 2.32. The van der Waals surface area contributed by atoms with E-state index in [2.05, 4.69) is 10.3 Å². The van der Waals surface area contributed by atoms with Crippen LogP contribution < -0.4 is 10.6 Å². The first-order chi connectivity index (χ1) is 8.87. The number of alkyl halides is 3. The second-order valence-corrected chi connectivity index (χ2v) is 3.51. The van der Waals surface area contributed by atoms with Crippen molar-refractivity contribution in [2.75, 3.05) is 6.54 Å². The maximum absolute atomic E-state index is 12.0. The molecule has 0 saturated heterocycles. The zero-order valence-corrected chi connectivity index (χ0v) is 9.65. The quantitative estimate of drug-likeness (QED) is 0.606. The van der Waals surface area contributed by atoms with Crippen molar-refractivity contribution in [2.24, 2.45) is 0 Å². The van der Waals surface area contributed by atoms with Crippen molar-refractivity contribution in [2.45, 2.75) is 12.7 Å². The number of nitro groups is 1. The van der Waals surface area contributed by atoms with E-state index in [1.807, 2.05) is 5.32 Å². The number of halogens is 3. The summed E-state index contributed by atoms with van der Waals surface area (Å²) in [6, 6.07) is 3.34. The van der Waals surface area contributed by atoms with Crippen LogP contribution in [0.25, 0.3) is 0 Å². The molecule has 0 unspecified atom stereocenters. The standard InChI is InChI=1S/C10H11F3N4O2/c11-10(12,13)7-16-9(6-17(18)19)15-5-8-2-1-3-14-4-8/h1-4,6,15-16H,5,7H2. The summed E-state index contributed by atoms with van der Waals surface area (Å²) in [5.74, 6) is -0.314. The SMILES string of the molecule is O=[N+]([O-])C=C(NCc1cccnc1)NCC(F)(F)F. The number of aromatic nitrogens is 1. The van der Waals surface area contributed by atoms with Gasteiger partial charge in [-0.2, -0.15) is 13.2 Å². The lowest BCUT2D eigenvalue weighted by molar-refractivity contribution is -0.404. The van der Waals surface area contributed by atoms with E-state index < -0.39 is 17.6 Å². The molecule has 104 valence electrons. The second kappa shape index (κ2) is 6.57. The molecule has 9 heteroatoms. The molecule has 2 N–H and O–H groups in total. The van der Waals surface area contributed by atoms with E-state index in [0.717, 1.165) is 0 Å². The predicted molar refractivity (Wildman–Crippen MR) is 60.2 cm³/mol. The van der Waals surface area contributed by atoms with Crippen LogP contribution in [0.5, 0.6) is 0 Å². The summed E-state index contributed by atoms with van der Waals surface area (Å²) >= 11 is 0. The van der Waals surface area contributed by atoms with Crippen molar-refractivity contribution in [3.8, 4) is 0 Å². The van der Waals surface area contributed by atoms with Crippen LogP contribution in [0.4, 0.5) is 13.2 Å². The van der Waals surface area contributed by atoms with Crippen LogP contribution in [-0.2, 0) is 6.54 Å². The summed E-state index contributed by atoms with van der Waals surface area (Å²) in [6.07, 6.45) is -0.965. The highest BCUT2D eigenvalue weighted by Crippen LogP contribution is 2.12. The summed E-state index contributed by atoms with van der Waals surface area (Å²) in [6.45, 7) is -1.23. The van der Waals surface area contributed by atoms with Gasteiger partial charge in [-0.15, -0.1) is 0 Å².